The molecule has 1 aliphatic rings. The number of nitrogens with zero attached hydrogens (tertiary/aromatic N) is 1. The van der Waals surface area contributed by atoms with Crippen molar-refractivity contribution in [3.05, 3.63) is 24.0 Å². The van der Waals surface area contributed by atoms with Crippen molar-refractivity contribution < 1.29 is 13.9 Å². The van der Waals surface area contributed by atoms with Gasteiger partial charge in [0.25, 0.3) is 0 Å². The molecule has 1 fully saturated rings. The lowest BCUT2D eigenvalue weighted by atomic mass is 9.84. The summed E-state index contributed by atoms with van der Waals surface area (Å²) in [5, 5.41) is 2.80. The molecule has 1 aliphatic heterocycles. The summed E-state index contributed by atoms with van der Waals surface area (Å²) in [6.45, 7) is 8.03. The fourth-order valence-electron chi connectivity index (χ4n) is 2.61. The van der Waals surface area contributed by atoms with E-state index in [2.05, 4.69) is 24.1 Å². The van der Waals surface area contributed by atoms with E-state index in [0.717, 1.165) is 19.5 Å². The van der Waals surface area contributed by atoms with E-state index >= 15 is 0 Å². The molecule has 0 spiro atoms. The number of hydrogen-bond donors (Lipinski definition) is 1. The maximum Gasteiger partial charge on any atom is 0.244 e. The van der Waals surface area contributed by atoms with Crippen LogP contribution in [0, 0.1) is 11.7 Å². The number of anilines is 1. The van der Waals surface area contributed by atoms with E-state index in [-0.39, 0.29) is 11.7 Å². The van der Waals surface area contributed by atoms with Gasteiger partial charge in [0.15, 0.2) is 11.6 Å². The lowest BCUT2D eigenvalue weighted by Crippen LogP contribution is -2.64. The summed E-state index contributed by atoms with van der Waals surface area (Å²) in [6, 6.07) is 4.44. The van der Waals surface area contributed by atoms with E-state index in [1.54, 1.807) is 6.07 Å². The van der Waals surface area contributed by atoms with E-state index in [9.17, 15) is 9.18 Å². The van der Waals surface area contributed by atoms with Gasteiger partial charge in [0.2, 0.25) is 5.91 Å². The molecular formula is C16H23FN2O2. The Morgan fingerprint density at radius 3 is 2.71 bits per heavy atom. The van der Waals surface area contributed by atoms with Gasteiger partial charge in [-0.05, 0) is 31.4 Å². The van der Waals surface area contributed by atoms with Crippen molar-refractivity contribution in [2.24, 2.45) is 5.92 Å². The number of carbonyl (C=O) groups excluding carboxylic acids is 1. The Morgan fingerprint density at radius 2 is 2.24 bits per heavy atom. The molecular weight excluding hydrogens is 271 g/mol. The maximum absolute atomic E-state index is 13.7. The summed E-state index contributed by atoms with van der Waals surface area (Å²) in [5.74, 6) is 0.118. The second-order valence-corrected chi connectivity index (χ2v) is 6.17. The number of hydrogen-bond acceptors (Lipinski definition) is 3. The monoisotopic (exact) mass is 294 g/mol. The van der Waals surface area contributed by atoms with Gasteiger partial charge in [-0.1, -0.05) is 13.8 Å². The van der Waals surface area contributed by atoms with Crippen LogP contribution < -0.4 is 10.1 Å². The van der Waals surface area contributed by atoms with Gasteiger partial charge in [0.1, 0.15) is 0 Å². The topological polar surface area (TPSA) is 41.6 Å². The van der Waals surface area contributed by atoms with Crippen molar-refractivity contribution in [1.82, 2.24) is 4.90 Å². The van der Waals surface area contributed by atoms with Crippen LogP contribution >= 0.6 is 0 Å². The van der Waals surface area contributed by atoms with Crippen LogP contribution in [0.5, 0.6) is 5.75 Å². The SMILES string of the molecule is COc1ccc(NC(=O)C2(C)CCN2CC(C)C)cc1F. The summed E-state index contributed by atoms with van der Waals surface area (Å²) in [4.78, 5) is 14.6. The number of amides is 1. The highest BCUT2D eigenvalue weighted by molar-refractivity contribution is 5.98. The Hall–Kier alpha value is -1.62. The van der Waals surface area contributed by atoms with Gasteiger partial charge in [-0.15, -0.1) is 0 Å². The van der Waals surface area contributed by atoms with Crippen LogP contribution in [0.15, 0.2) is 18.2 Å². The van der Waals surface area contributed by atoms with Crippen LogP contribution in [0.4, 0.5) is 10.1 Å². The maximum atomic E-state index is 13.7. The zero-order valence-corrected chi connectivity index (χ0v) is 13.1. The summed E-state index contributed by atoms with van der Waals surface area (Å²) in [7, 11) is 1.41. The van der Waals surface area contributed by atoms with Crippen molar-refractivity contribution in [2.45, 2.75) is 32.7 Å². The molecule has 1 aromatic carbocycles. The number of nitrogens with one attached hydrogen (secondary N) is 1. The Kier molecular flexibility index (Phi) is 4.52. The molecule has 2 rings (SSSR count). The van der Waals surface area contributed by atoms with Gasteiger partial charge in [-0.25, -0.2) is 4.39 Å². The number of carbonyl (C=O) groups is 1. The summed E-state index contributed by atoms with van der Waals surface area (Å²) >= 11 is 0. The molecule has 0 bridgehead atoms. The average molecular weight is 294 g/mol. The van der Waals surface area contributed by atoms with Crippen LogP contribution in [0.1, 0.15) is 27.2 Å². The molecule has 0 aromatic heterocycles. The summed E-state index contributed by atoms with van der Waals surface area (Å²) < 4.78 is 18.5. The first kappa shape index (κ1) is 15.8. The van der Waals surface area contributed by atoms with E-state index in [4.69, 9.17) is 4.74 Å². The van der Waals surface area contributed by atoms with E-state index in [0.29, 0.717) is 11.6 Å². The van der Waals surface area contributed by atoms with Crippen LogP contribution in [0.3, 0.4) is 0 Å². The standard InChI is InChI=1S/C16H23FN2O2/c1-11(2)10-19-8-7-16(19,3)15(20)18-12-5-6-14(21-4)13(17)9-12/h5-6,9,11H,7-8,10H2,1-4H3,(H,18,20). The third kappa shape index (κ3) is 3.18. The number of ether oxygens (including phenoxy) is 1. The van der Waals surface area contributed by atoms with Gasteiger partial charge in [-0.2, -0.15) is 0 Å². The van der Waals surface area contributed by atoms with Crippen molar-refractivity contribution in [3.63, 3.8) is 0 Å². The first-order valence-corrected chi connectivity index (χ1v) is 7.27. The van der Waals surface area contributed by atoms with Crippen LogP contribution in [-0.2, 0) is 4.79 Å². The minimum absolute atomic E-state index is 0.0843. The smallest absolute Gasteiger partial charge is 0.244 e. The Morgan fingerprint density at radius 1 is 1.52 bits per heavy atom. The summed E-state index contributed by atoms with van der Waals surface area (Å²) in [6.07, 6.45) is 0.824. The predicted octanol–water partition coefficient (Wildman–Crippen LogP) is 2.89. The Balaban J connectivity index is 2.06. The second-order valence-electron chi connectivity index (χ2n) is 6.17. The molecule has 1 aromatic rings. The minimum atomic E-state index is -0.499. The molecule has 0 saturated carbocycles. The van der Waals surface area contributed by atoms with Gasteiger partial charge < -0.3 is 10.1 Å². The molecule has 0 aliphatic carbocycles. The average Bonchev–Trinajstić information content (AvgIpc) is 2.42. The lowest BCUT2D eigenvalue weighted by Gasteiger charge is -2.49. The zero-order valence-electron chi connectivity index (χ0n) is 13.1. The lowest BCUT2D eigenvalue weighted by molar-refractivity contribution is -0.136. The van der Waals surface area contributed by atoms with Gasteiger partial charge >= 0.3 is 0 Å². The van der Waals surface area contributed by atoms with E-state index in [1.165, 1.54) is 19.2 Å². The number of methoxy groups -OCH3 is 1. The number of halogens is 1. The predicted molar refractivity (Wildman–Crippen MR) is 81.0 cm³/mol. The third-order valence-electron chi connectivity index (χ3n) is 4.05. The Bertz CT molecular complexity index is 533. The molecule has 1 amide bonds. The molecule has 1 N–H and O–H groups in total. The fraction of sp³-hybridized carbons (Fsp3) is 0.562. The molecule has 1 atom stereocenters. The van der Waals surface area contributed by atoms with Gasteiger partial charge in [0, 0.05) is 24.8 Å². The molecule has 116 valence electrons. The first-order chi connectivity index (χ1) is 9.86. The van der Waals surface area contributed by atoms with Crippen molar-refractivity contribution in [2.75, 3.05) is 25.5 Å². The molecule has 0 radical (unpaired) electrons. The number of rotatable bonds is 5. The number of likely N-dealkylation sites (tertiary alicyclic amines) is 1. The number of benzene rings is 1. The first-order valence-electron chi connectivity index (χ1n) is 7.27. The molecule has 4 nitrogen and oxygen atoms in total. The highest BCUT2D eigenvalue weighted by Gasteiger charge is 2.46. The van der Waals surface area contributed by atoms with E-state index in [1.807, 2.05) is 6.92 Å². The highest BCUT2D eigenvalue weighted by Crippen LogP contribution is 2.32. The molecule has 5 heteroatoms. The van der Waals surface area contributed by atoms with Crippen molar-refractivity contribution in [3.8, 4) is 5.75 Å². The molecule has 21 heavy (non-hydrogen) atoms. The van der Waals surface area contributed by atoms with Crippen LogP contribution in [0.2, 0.25) is 0 Å². The normalized spacial score (nSPS) is 22.0. The van der Waals surface area contributed by atoms with Gasteiger partial charge in [-0.3, -0.25) is 9.69 Å². The van der Waals surface area contributed by atoms with Gasteiger partial charge in [0.05, 0.1) is 12.6 Å². The second kappa shape index (κ2) is 6.02. The van der Waals surface area contributed by atoms with E-state index < -0.39 is 11.4 Å². The minimum Gasteiger partial charge on any atom is -0.494 e. The zero-order chi connectivity index (χ0) is 15.6. The van der Waals surface area contributed by atoms with Crippen molar-refractivity contribution in [1.29, 1.82) is 0 Å². The summed E-state index contributed by atoms with van der Waals surface area (Å²) in [5.41, 5.74) is -0.0448. The van der Waals surface area contributed by atoms with Crippen molar-refractivity contribution >= 4 is 11.6 Å². The highest BCUT2D eigenvalue weighted by atomic mass is 19.1. The fourth-order valence-corrected chi connectivity index (χ4v) is 2.61. The third-order valence-corrected chi connectivity index (χ3v) is 4.05. The van der Waals surface area contributed by atoms with Crippen LogP contribution in [0.25, 0.3) is 0 Å². The van der Waals surface area contributed by atoms with Crippen LogP contribution in [-0.4, -0.2) is 36.5 Å². The Labute approximate surface area is 125 Å². The largest absolute Gasteiger partial charge is 0.494 e. The molecule has 1 heterocycles. The molecule has 1 unspecified atom stereocenters. The quantitative estimate of drug-likeness (QED) is 0.908. The molecule has 1 saturated heterocycles.